The van der Waals surface area contributed by atoms with Gasteiger partial charge in [-0.2, -0.15) is 0 Å². The minimum Gasteiger partial charge on any atom is -0.497 e. The molecule has 2 aromatic heterocycles. The van der Waals surface area contributed by atoms with Crippen LogP contribution >= 0.6 is 23.2 Å². The van der Waals surface area contributed by atoms with Gasteiger partial charge in [0.25, 0.3) is 0 Å². The molecule has 1 atom stereocenters. The monoisotopic (exact) mass is 454 g/mol. The third-order valence-corrected chi connectivity index (χ3v) is 6.07. The number of halogens is 2. The molecule has 1 aliphatic rings. The van der Waals surface area contributed by atoms with Crippen LogP contribution in [0.2, 0.25) is 10.3 Å². The van der Waals surface area contributed by atoms with Gasteiger partial charge in [-0.1, -0.05) is 41.4 Å². The van der Waals surface area contributed by atoms with Crippen LogP contribution in [0.25, 0.3) is 10.9 Å². The molecule has 0 aliphatic carbocycles. The molecule has 4 aromatic rings. The van der Waals surface area contributed by atoms with E-state index in [2.05, 4.69) is 38.1 Å². The molecule has 1 N–H and O–H groups in total. The number of aromatic nitrogens is 3. The SMILES string of the molecule is COc1ccc(C2c3[nH]c4ccccc4c3CCN2c2nc(Cl)cc(Cl)n2)c(OC)c1. The predicted octanol–water partition coefficient (Wildman–Crippen LogP) is 5.43. The highest BCUT2D eigenvalue weighted by Gasteiger charge is 2.35. The third kappa shape index (κ3) is 3.46. The number of para-hydroxylation sites is 1. The van der Waals surface area contributed by atoms with Crippen molar-refractivity contribution in [3.63, 3.8) is 0 Å². The molecular weight excluding hydrogens is 435 g/mol. The number of H-pyrrole nitrogens is 1. The van der Waals surface area contributed by atoms with E-state index in [4.69, 9.17) is 32.7 Å². The lowest BCUT2D eigenvalue weighted by Crippen LogP contribution is -2.37. The zero-order chi connectivity index (χ0) is 21.5. The highest BCUT2D eigenvalue weighted by Crippen LogP contribution is 2.43. The second kappa shape index (κ2) is 7.94. The minimum atomic E-state index is -0.216. The number of rotatable bonds is 4. The van der Waals surface area contributed by atoms with E-state index in [0.717, 1.165) is 28.9 Å². The normalized spacial score (nSPS) is 15.7. The molecule has 2 aromatic carbocycles. The Bertz CT molecular complexity index is 1250. The molecule has 158 valence electrons. The van der Waals surface area contributed by atoms with Crippen LogP contribution in [0.4, 0.5) is 5.95 Å². The summed E-state index contributed by atoms with van der Waals surface area (Å²) in [6.45, 7) is 0.700. The van der Waals surface area contributed by atoms with E-state index in [1.54, 1.807) is 14.2 Å². The second-order valence-electron chi connectivity index (χ2n) is 7.33. The van der Waals surface area contributed by atoms with E-state index in [1.165, 1.54) is 17.0 Å². The van der Waals surface area contributed by atoms with Crippen molar-refractivity contribution >= 4 is 40.1 Å². The van der Waals surface area contributed by atoms with Gasteiger partial charge in [0, 0.05) is 40.8 Å². The molecule has 0 saturated heterocycles. The first-order valence-corrected chi connectivity index (χ1v) is 10.6. The Hall–Kier alpha value is -2.96. The zero-order valence-electron chi connectivity index (χ0n) is 17.0. The number of hydrogen-bond acceptors (Lipinski definition) is 5. The van der Waals surface area contributed by atoms with Crippen molar-refractivity contribution in [1.82, 2.24) is 15.0 Å². The Labute approximate surface area is 189 Å². The molecule has 0 amide bonds. The quantitative estimate of drug-likeness (QED) is 0.416. The summed E-state index contributed by atoms with van der Waals surface area (Å²) in [5, 5.41) is 1.83. The maximum atomic E-state index is 6.21. The first-order valence-electron chi connectivity index (χ1n) is 9.87. The number of aromatic amines is 1. The fraction of sp³-hybridized carbons (Fsp3) is 0.217. The van der Waals surface area contributed by atoms with Crippen LogP contribution < -0.4 is 14.4 Å². The van der Waals surface area contributed by atoms with Crippen LogP contribution in [0.3, 0.4) is 0 Å². The van der Waals surface area contributed by atoms with Crippen LogP contribution in [0.1, 0.15) is 22.9 Å². The summed E-state index contributed by atoms with van der Waals surface area (Å²) in [4.78, 5) is 14.7. The summed E-state index contributed by atoms with van der Waals surface area (Å²) in [6, 6.07) is 15.5. The lowest BCUT2D eigenvalue weighted by molar-refractivity contribution is 0.388. The fourth-order valence-corrected chi connectivity index (χ4v) is 4.75. The lowest BCUT2D eigenvalue weighted by atomic mass is 9.92. The van der Waals surface area contributed by atoms with Gasteiger partial charge in [-0.15, -0.1) is 0 Å². The first-order chi connectivity index (χ1) is 15.1. The Morgan fingerprint density at radius 2 is 1.77 bits per heavy atom. The van der Waals surface area contributed by atoms with Gasteiger partial charge >= 0.3 is 0 Å². The van der Waals surface area contributed by atoms with Crippen molar-refractivity contribution in [3.05, 3.63) is 75.7 Å². The number of methoxy groups -OCH3 is 2. The van der Waals surface area contributed by atoms with Crippen molar-refractivity contribution in [3.8, 4) is 11.5 Å². The third-order valence-electron chi connectivity index (χ3n) is 5.68. The number of anilines is 1. The number of ether oxygens (including phenoxy) is 2. The molecule has 1 unspecified atom stereocenters. The zero-order valence-corrected chi connectivity index (χ0v) is 18.5. The van der Waals surface area contributed by atoms with E-state index >= 15 is 0 Å². The predicted molar refractivity (Wildman–Crippen MR) is 123 cm³/mol. The van der Waals surface area contributed by atoms with Gasteiger partial charge in [-0.25, -0.2) is 9.97 Å². The van der Waals surface area contributed by atoms with Crippen LogP contribution in [-0.4, -0.2) is 35.7 Å². The topological polar surface area (TPSA) is 63.3 Å². The smallest absolute Gasteiger partial charge is 0.229 e. The molecule has 31 heavy (non-hydrogen) atoms. The van der Waals surface area contributed by atoms with Gasteiger partial charge in [0.15, 0.2) is 0 Å². The second-order valence-corrected chi connectivity index (χ2v) is 8.10. The van der Waals surface area contributed by atoms with Gasteiger partial charge < -0.3 is 19.4 Å². The van der Waals surface area contributed by atoms with Gasteiger partial charge in [0.1, 0.15) is 27.8 Å². The summed E-state index contributed by atoms with van der Waals surface area (Å²) >= 11 is 12.4. The molecule has 6 nitrogen and oxygen atoms in total. The van der Waals surface area contributed by atoms with E-state index in [1.807, 2.05) is 24.3 Å². The van der Waals surface area contributed by atoms with Crippen molar-refractivity contribution in [1.29, 1.82) is 0 Å². The number of hydrogen-bond donors (Lipinski definition) is 1. The summed E-state index contributed by atoms with van der Waals surface area (Å²) in [5.74, 6) is 1.92. The Morgan fingerprint density at radius 3 is 2.52 bits per heavy atom. The van der Waals surface area contributed by atoms with Crippen molar-refractivity contribution in [2.24, 2.45) is 0 Å². The highest BCUT2D eigenvalue weighted by atomic mass is 35.5. The molecule has 8 heteroatoms. The van der Waals surface area contributed by atoms with Gasteiger partial charge in [-0.05, 0) is 30.2 Å². The van der Waals surface area contributed by atoms with E-state index < -0.39 is 0 Å². The number of benzene rings is 2. The van der Waals surface area contributed by atoms with Gasteiger partial charge in [-0.3, -0.25) is 0 Å². The van der Waals surface area contributed by atoms with E-state index in [9.17, 15) is 0 Å². The lowest BCUT2D eigenvalue weighted by Gasteiger charge is -2.36. The molecule has 5 rings (SSSR count). The first kappa shape index (κ1) is 20.0. The molecule has 0 spiro atoms. The summed E-state index contributed by atoms with van der Waals surface area (Å²) in [6.07, 6.45) is 0.835. The van der Waals surface area contributed by atoms with E-state index in [0.29, 0.717) is 28.5 Å². The summed E-state index contributed by atoms with van der Waals surface area (Å²) in [5.41, 5.74) is 4.42. The van der Waals surface area contributed by atoms with Gasteiger partial charge in [0.05, 0.1) is 14.2 Å². The number of fused-ring (bicyclic) bond motifs is 3. The standard InChI is InChI=1S/C23H20Cl2N4O2/c1-30-13-7-8-16(18(11-13)31-2)22-21-15(14-5-3-4-6-17(14)26-21)9-10-29(22)23-27-19(24)12-20(25)28-23/h3-8,11-12,22,26H,9-10H2,1-2H3. The fourth-order valence-electron chi connectivity index (χ4n) is 4.33. The molecule has 0 radical (unpaired) electrons. The van der Waals surface area contributed by atoms with Crippen LogP contribution in [0.5, 0.6) is 11.5 Å². The molecule has 0 fully saturated rings. The molecular formula is C23H20Cl2N4O2. The number of nitrogens with one attached hydrogen (secondary N) is 1. The Morgan fingerprint density at radius 1 is 1.00 bits per heavy atom. The van der Waals surface area contributed by atoms with Crippen molar-refractivity contribution < 1.29 is 9.47 Å². The average Bonchev–Trinajstić information content (AvgIpc) is 3.16. The van der Waals surface area contributed by atoms with Crippen molar-refractivity contribution in [2.75, 3.05) is 25.7 Å². The highest BCUT2D eigenvalue weighted by molar-refractivity contribution is 6.33. The maximum Gasteiger partial charge on any atom is 0.229 e. The van der Waals surface area contributed by atoms with Crippen molar-refractivity contribution in [2.45, 2.75) is 12.5 Å². The van der Waals surface area contributed by atoms with E-state index in [-0.39, 0.29) is 6.04 Å². The average molecular weight is 455 g/mol. The maximum absolute atomic E-state index is 6.21. The molecule has 0 saturated carbocycles. The van der Waals surface area contributed by atoms with Crippen LogP contribution in [-0.2, 0) is 6.42 Å². The molecule has 1 aliphatic heterocycles. The number of nitrogens with zero attached hydrogens (tertiary/aromatic N) is 3. The Kier molecular flexibility index (Phi) is 5.12. The minimum absolute atomic E-state index is 0.216. The molecule has 0 bridgehead atoms. The van der Waals surface area contributed by atoms with Gasteiger partial charge in [0.2, 0.25) is 5.95 Å². The van der Waals surface area contributed by atoms with Crippen LogP contribution in [0.15, 0.2) is 48.5 Å². The summed E-state index contributed by atoms with van der Waals surface area (Å²) < 4.78 is 11.1. The van der Waals surface area contributed by atoms with Crippen LogP contribution in [0, 0.1) is 0 Å². The largest absolute Gasteiger partial charge is 0.497 e. The summed E-state index contributed by atoms with van der Waals surface area (Å²) in [7, 11) is 3.29. The molecule has 3 heterocycles. The Balaban J connectivity index is 1.75.